The van der Waals surface area contributed by atoms with Crippen molar-refractivity contribution in [1.82, 2.24) is 0 Å². The molecule has 0 unspecified atom stereocenters. The number of anilines is 3. The summed E-state index contributed by atoms with van der Waals surface area (Å²) < 4.78 is 0. The van der Waals surface area contributed by atoms with E-state index >= 15 is 0 Å². The Balaban J connectivity index is 2.18. The molecule has 0 aromatic heterocycles. The number of β-amino-alcohol motifs (C(OH)–C–C–N with tert-alkyl or cyclic N) is 1. The molecule has 2 aromatic carbocycles. The van der Waals surface area contributed by atoms with E-state index in [0.717, 1.165) is 0 Å². The van der Waals surface area contributed by atoms with Crippen LogP contribution in [0.1, 0.15) is 22.2 Å². The molecule has 1 aliphatic rings. The molecule has 114 valence electrons. The molecule has 0 bridgehead atoms. The number of carbonyl (C=O) groups is 1. The normalized spacial score (nSPS) is 13.5. The summed E-state index contributed by atoms with van der Waals surface area (Å²) in [5, 5.41) is 30.7. The zero-order valence-electron chi connectivity index (χ0n) is 11.7. The first kappa shape index (κ1) is 14.5. The molecule has 2 aromatic rings. The molecule has 22 heavy (non-hydrogen) atoms. The predicted octanol–water partition coefficient (Wildman–Crippen LogP) is 1.37. The largest absolute Gasteiger partial charge is 0.395 e. The second-order valence-corrected chi connectivity index (χ2v) is 5.00. The highest BCUT2D eigenvalue weighted by Crippen LogP contribution is 2.38. The third-order valence-electron chi connectivity index (χ3n) is 3.62. The molecule has 0 atom stereocenters. The van der Waals surface area contributed by atoms with E-state index in [1.807, 2.05) is 17.0 Å². The van der Waals surface area contributed by atoms with Crippen molar-refractivity contribution in [1.29, 1.82) is 0 Å². The van der Waals surface area contributed by atoms with E-state index in [1.165, 1.54) is 6.07 Å². The number of para-hydroxylation sites is 1. The Kier molecular flexibility index (Phi) is 3.81. The van der Waals surface area contributed by atoms with E-state index in [1.54, 1.807) is 24.3 Å². The van der Waals surface area contributed by atoms with E-state index in [-0.39, 0.29) is 18.1 Å². The number of aliphatic hydroxyl groups excluding tert-OH is 2. The summed E-state index contributed by atoms with van der Waals surface area (Å²) >= 11 is 0. The van der Waals surface area contributed by atoms with E-state index in [4.69, 9.17) is 0 Å². The molecule has 6 heteroatoms. The lowest BCUT2D eigenvalue weighted by Gasteiger charge is -2.25. The third kappa shape index (κ3) is 2.43. The van der Waals surface area contributed by atoms with Crippen molar-refractivity contribution < 1.29 is 20.1 Å². The van der Waals surface area contributed by atoms with Crippen LogP contribution in [0.2, 0.25) is 0 Å². The molecule has 0 saturated heterocycles. The van der Waals surface area contributed by atoms with Crippen LogP contribution in [0.4, 0.5) is 17.1 Å². The van der Waals surface area contributed by atoms with E-state index in [0.29, 0.717) is 29.2 Å². The quantitative estimate of drug-likeness (QED) is 0.642. The first-order valence-electron chi connectivity index (χ1n) is 6.90. The minimum absolute atomic E-state index is 0.0770. The number of fused-ring (bicyclic) bond motifs is 2. The molecule has 1 heterocycles. The number of hydrogen-bond donors (Lipinski definition) is 4. The van der Waals surface area contributed by atoms with Crippen LogP contribution in [0.15, 0.2) is 42.5 Å². The van der Waals surface area contributed by atoms with Crippen LogP contribution < -0.4 is 10.2 Å². The van der Waals surface area contributed by atoms with Crippen LogP contribution in [-0.4, -0.2) is 34.4 Å². The lowest BCUT2D eigenvalue weighted by atomic mass is 10.1. The Morgan fingerprint density at radius 1 is 1.09 bits per heavy atom. The topological polar surface area (TPSA) is 93.0 Å². The van der Waals surface area contributed by atoms with Gasteiger partial charge in [0.1, 0.15) is 0 Å². The molecule has 3 rings (SSSR count). The molecule has 6 nitrogen and oxygen atoms in total. The summed E-state index contributed by atoms with van der Waals surface area (Å²) in [4.78, 5) is 14.2. The maximum atomic E-state index is 12.4. The fraction of sp³-hybridized carbons (Fsp3) is 0.188. The van der Waals surface area contributed by atoms with E-state index in [2.05, 4.69) is 5.32 Å². The standard InChI is InChI=1S/C16H16N2O4/c19-8-7-18-13-4-2-1-3-11(13)15(20)17-12-9-10(16(21)22)5-6-14(12)18/h1-6,9,16,19,21-22H,7-8H2,(H,17,20). The number of carbonyl (C=O) groups excluding carboxylic acids is 1. The summed E-state index contributed by atoms with van der Waals surface area (Å²) in [6.45, 7) is 0.242. The predicted molar refractivity (Wildman–Crippen MR) is 82.1 cm³/mol. The lowest BCUT2D eigenvalue weighted by molar-refractivity contribution is -0.0424. The van der Waals surface area contributed by atoms with Crippen molar-refractivity contribution in [3.8, 4) is 0 Å². The molecule has 4 N–H and O–H groups in total. The Bertz CT molecular complexity index is 715. The summed E-state index contributed by atoms with van der Waals surface area (Å²) in [7, 11) is 0. The number of aliphatic hydroxyl groups is 3. The number of rotatable bonds is 3. The van der Waals surface area contributed by atoms with Crippen molar-refractivity contribution in [2.45, 2.75) is 6.29 Å². The maximum absolute atomic E-state index is 12.4. The highest BCUT2D eigenvalue weighted by molar-refractivity contribution is 6.12. The smallest absolute Gasteiger partial charge is 0.257 e. The number of amides is 1. The van der Waals surface area contributed by atoms with Crippen molar-refractivity contribution >= 4 is 23.0 Å². The SMILES string of the molecule is O=C1Nc2cc(C(O)O)ccc2N(CCO)c2ccccc21. The zero-order chi connectivity index (χ0) is 15.7. The van der Waals surface area contributed by atoms with Gasteiger partial charge in [-0.1, -0.05) is 18.2 Å². The Hall–Kier alpha value is -2.41. The highest BCUT2D eigenvalue weighted by atomic mass is 16.5. The van der Waals surface area contributed by atoms with Crippen molar-refractivity contribution in [2.24, 2.45) is 0 Å². The van der Waals surface area contributed by atoms with Crippen LogP contribution >= 0.6 is 0 Å². The van der Waals surface area contributed by atoms with Crippen LogP contribution in [0, 0.1) is 0 Å². The van der Waals surface area contributed by atoms with Crippen LogP contribution in [-0.2, 0) is 0 Å². The number of nitrogens with one attached hydrogen (secondary N) is 1. The summed E-state index contributed by atoms with van der Waals surface area (Å²) in [5.74, 6) is -0.276. The van der Waals surface area contributed by atoms with Gasteiger partial charge in [-0.2, -0.15) is 0 Å². The van der Waals surface area contributed by atoms with E-state index in [9.17, 15) is 20.1 Å². The molecule has 0 spiro atoms. The summed E-state index contributed by atoms with van der Waals surface area (Å²) in [6.07, 6.45) is -1.61. The number of hydrogen-bond acceptors (Lipinski definition) is 5. The summed E-state index contributed by atoms with van der Waals surface area (Å²) in [6, 6.07) is 11.9. The van der Waals surface area contributed by atoms with Crippen LogP contribution in [0.3, 0.4) is 0 Å². The minimum atomic E-state index is -1.61. The molecule has 0 aliphatic carbocycles. The molecule has 0 radical (unpaired) electrons. The number of nitrogens with zero attached hydrogens (tertiary/aromatic N) is 1. The van der Waals surface area contributed by atoms with Crippen LogP contribution in [0.5, 0.6) is 0 Å². The molecule has 0 fully saturated rings. The first-order valence-corrected chi connectivity index (χ1v) is 6.90. The van der Waals surface area contributed by atoms with Gasteiger partial charge >= 0.3 is 0 Å². The van der Waals surface area contributed by atoms with Gasteiger partial charge in [0.05, 0.1) is 29.2 Å². The molecular weight excluding hydrogens is 284 g/mol. The fourth-order valence-corrected chi connectivity index (χ4v) is 2.61. The Morgan fingerprint density at radius 2 is 1.86 bits per heavy atom. The molecule has 0 saturated carbocycles. The molecule has 1 amide bonds. The van der Waals surface area contributed by atoms with Crippen molar-refractivity contribution in [3.05, 3.63) is 53.6 Å². The molecule has 1 aliphatic heterocycles. The zero-order valence-corrected chi connectivity index (χ0v) is 11.7. The lowest BCUT2D eigenvalue weighted by Crippen LogP contribution is -2.21. The molecular formula is C16H16N2O4. The average Bonchev–Trinajstić information content (AvgIpc) is 2.63. The average molecular weight is 300 g/mol. The van der Waals surface area contributed by atoms with Gasteiger partial charge in [0, 0.05) is 12.1 Å². The van der Waals surface area contributed by atoms with Crippen molar-refractivity contribution in [3.63, 3.8) is 0 Å². The Morgan fingerprint density at radius 3 is 2.59 bits per heavy atom. The fourth-order valence-electron chi connectivity index (χ4n) is 2.61. The second kappa shape index (κ2) is 5.76. The summed E-state index contributed by atoms with van der Waals surface area (Å²) in [5.41, 5.74) is 2.65. The maximum Gasteiger partial charge on any atom is 0.257 e. The monoisotopic (exact) mass is 300 g/mol. The third-order valence-corrected chi connectivity index (χ3v) is 3.62. The van der Waals surface area contributed by atoms with Crippen LogP contribution in [0.25, 0.3) is 0 Å². The van der Waals surface area contributed by atoms with Gasteiger partial charge < -0.3 is 25.5 Å². The van der Waals surface area contributed by atoms with Crippen molar-refractivity contribution in [2.75, 3.05) is 23.4 Å². The minimum Gasteiger partial charge on any atom is -0.395 e. The van der Waals surface area contributed by atoms with E-state index < -0.39 is 6.29 Å². The number of benzene rings is 2. The first-order chi connectivity index (χ1) is 10.6. The highest BCUT2D eigenvalue weighted by Gasteiger charge is 2.25. The van der Waals surface area contributed by atoms with Gasteiger partial charge in [-0.15, -0.1) is 0 Å². The van der Waals surface area contributed by atoms with Gasteiger partial charge in [-0.05, 0) is 24.3 Å². The Labute approximate surface area is 127 Å². The second-order valence-electron chi connectivity index (χ2n) is 5.00. The van der Waals surface area contributed by atoms with Gasteiger partial charge in [0.15, 0.2) is 6.29 Å². The van der Waals surface area contributed by atoms with Gasteiger partial charge in [0.2, 0.25) is 0 Å². The van der Waals surface area contributed by atoms with Gasteiger partial charge in [0.25, 0.3) is 5.91 Å². The van der Waals surface area contributed by atoms with Gasteiger partial charge in [-0.3, -0.25) is 4.79 Å². The van der Waals surface area contributed by atoms with Gasteiger partial charge in [-0.25, -0.2) is 0 Å².